The summed E-state index contributed by atoms with van der Waals surface area (Å²) >= 11 is 0. The van der Waals surface area contributed by atoms with Gasteiger partial charge < -0.3 is 19.7 Å². The largest absolute Gasteiger partial charge is 0.392 e. The lowest BCUT2D eigenvalue weighted by Crippen LogP contribution is -2.23. The van der Waals surface area contributed by atoms with Crippen molar-refractivity contribution in [2.75, 3.05) is 18.5 Å². The third kappa shape index (κ3) is 4.44. The highest BCUT2D eigenvalue weighted by atomic mass is 16.5. The van der Waals surface area contributed by atoms with Crippen molar-refractivity contribution in [3.8, 4) is 0 Å². The summed E-state index contributed by atoms with van der Waals surface area (Å²) in [6.45, 7) is 9.71. The lowest BCUT2D eigenvalue weighted by molar-refractivity contribution is -0.00633. The molecule has 1 heterocycles. The van der Waals surface area contributed by atoms with Crippen molar-refractivity contribution in [2.24, 2.45) is 0 Å². The summed E-state index contributed by atoms with van der Waals surface area (Å²) in [4.78, 5) is 4.58. The molecule has 0 radical (unpaired) electrons. The average Bonchev–Trinajstić information content (AvgIpc) is 2.73. The Labute approximate surface area is 125 Å². The Morgan fingerprint density at radius 1 is 1.33 bits per heavy atom. The first kappa shape index (κ1) is 15.8. The number of aromatic nitrogens is 2. The Balaban J connectivity index is 2.19. The van der Waals surface area contributed by atoms with Crippen molar-refractivity contribution in [1.29, 1.82) is 0 Å². The summed E-state index contributed by atoms with van der Waals surface area (Å²) in [5.41, 5.74) is 1.87. The molecule has 1 atom stereocenters. The standard InChI is InChI=1S/C16H25N3O2/c1-12(20)11-17-15-18-13-7-5-6-8-14(13)19(15)9-10-21-16(2,3)4/h5-8,12,20H,9-11H2,1-4H3,(H,17,18). The highest BCUT2D eigenvalue weighted by molar-refractivity contribution is 5.78. The molecule has 0 aliphatic carbocycles. The number of rotatable bonds is 6. The number of hydrogen-bond acceptors (Lipinski definition) is 4. The van der Waals surface area contributed by atoms with E-state index in [0.29, 0.717) is 13.2 Å². The van der Waals surface area contributed by atoms with E-state index in [1.54, 1.807) is 6.92 Å². The van der Waals surface area contributed by atoms with Crippen LogP contribution in [0.5, 0.6) is 0 Å². The van der Waals surface area contributed by atoms with Gasteiger partial charge >= 0.3 is 0 Å². The van der Waals surface area contributed by atoms with Gasteiger partial charge in [-0.3, -0.25) is 0 Å². The maximum Gasteiger partial charge on any atom is 0.204 e. The van der Waals surface area contributed by atoms with Gasteiger partial charge in [-0.2, -0.15) is 0 Å². The molecule has 0 amide bonds. The molecule has 0 aliphatic heterocycles. The van der Waals surface area contributed by atoms with Crippen LogP contribution < -0.4 is 5.32 Å². The number of ether oxygens (including phenoxy) is 1. The molecule has 5 heteroatoms. The smallest absolute Gasteiger partial charge is 0.204 e. The number of aliphatic hydroxyl groups is 1. The number of fused-ring (bicyclic) bond motifs is 1. The minimum absolute atomic E-state index is 0.149. The Morgan fingerprint density at radius 2 is 2.05 bits per heavy atom. The Bertz CT molecular complexity index is 585. The van der Waals surface area contributed by atoms with Crippen LogP contribution in [-0.2, 0) is 11.3 Å². The van der Waals surface area contributed by atoms with Crippen molar-refractivity contribution in [1.82, 2.24) is 9.55 Å². The van der Waals surface area contributed by atoms with Gasteiger partial charge in [-0.15, -0.1) is 0 Å². The fourth-order valence-electron chi connectivity index (χ4n) is 2.12. The van der Waals surface area contributed by atoms with E-state index < -0.39 is 6.10 Å². The van der Waals surface area contributed by atoms with Crippen LogP contribution in [0, 0.1) is 0 Å². The molecule has 1 aromatic carbocycles. The van der Waals surface area contributed by atoms with Gasteiger partial charge in [-0.25, -0.2) is 4.98 Å². The van der Waals surface area contributed by atoms with Crippen molar-refractivity contribution in [2.45, 2.75) is 45.9 Å². The zero-order valence-corrected chi connectivity index (χ0v) is 13.3. The second kappa shape index (κ2) is 6.45. The molecule has 2 N–H and O–H groups in total. The summed E-state index contributed by atoms with van der Waals surface area (Å²) < 4.78 is 7.91. The Morgan fingerprint density at radius 3 is 2.71 bits per heavy atom. The van der Waals surface area contributed by atoms with Crippen molar-refractivity contribution in [3.63, 3.8) is 0 Å². The van der Waals surface area contributed by atoms with E-state index in [0.717, 1.165) is 23.5 Å². The predicted molar refractivity (Wildman–Crippen MR) is 85.6 cm³/mol. The third-order valence-electron chi connectivity index (χ3n) is 3.06. The number of nitrogens with zero attached hydrogens (tertiary/aromatic N) is 2. The van der Waals surface area contributed by atoms with Crippen LogP contribution in [0.25, 0.3) is 11.0 Å². The molecule has 0 fully saturated rings. The quantitative estimate of drug-likeness (QED) is 0.859. The molecule has 116 valence electrons. The Kier molecular flexibility index (Phi) is 4.85. The van der Waals surface area contributed by atoms with E-state index in [9.17, 15) is 5.11 Å². The molecule has 1 unspecified atom stereocenters. The van der Waals surface area contributed by atoms with E-state index in [2.05, 4.69) is 14.9 Å². The number of imidazole rings is 1. The van der Waals surface area contributed by atoms with Gasteiger partial charge in [0, 0.05) is 13.1 Å². The van der Waals surface area contributed by atoms with Gasteiger partial charge in [0.25, 0.3) is 0 Å². The zero-order chi connectivity index (χ0) is 15.5. The molecule has 2 rings (SSSR count). The Hall–Kier alpha value is -1.59. The van der Waals surface area contributed by atoms with Crippen LogP contribution in [0.2, 0.25) is 0 Å². The predicted octanol–water partition coefficient (Wildman–Crippen LogP) is 2.64. The van der Waals surface area contributed by atoms with E-state index in [1.807, 2.05) is 45.0 Å². The molecule has 0 saturated heterocycles. The van der Waals surface area contributed by atoms with Gasteiger partial charge in [-0.05, 0) is 39.8 Å². The maximum absolute atomic E-state index is 9.44. The second-order valence-electron chi connectivity index (χ2n) is 6.27. The van der Waals surface area contributed by atoms with Crippen molar-refractivity contribution < 1.29 is 9.84 Å². The highest BCUT2D eigenvalue weighted by Gasteiger charge is 2.13. The minimum atomic E-state index is -0.413. The van der Waals surface area contributed by atoms with E-state index in [-0.39, 0.29) is 5.60 Å². The summed E-state index contributed by atoms with van der Waals surface area (Å²) in [5.74, 6) is 0.773. The average molecular weight is 291 g/mol. The number of hydrogen-bond donors (Lipinski definition) is 2. The lowest BCUT2D eigenvalue weighted by atomic mass is 10.2. The summed E-state index contributed by atoms with van der Waals surface area (Å²) in [6.07, 6.45) is -0.413. The van der Waals surface area contributed by atoms with Gasteiger partial charge in [-0.1, -0.05) is 12.1 Å². The van der Waals surface area contributed by atoms with Gasteiger partial charge in [0.05, 0.1) is 29.3 Å². The van der Waals surface area contributed by atoms with Crippen LogP contribution in [-0.4, -0.2) is 39.5 Å². The number of nitrogens with one attached hydrogen (secondary N) is 1. The zero-order valence-electron chi connectivity index (χ0n) is 13.3. The summed E-state index contributed by atoms with van der Waals surface area (Å²) in [7, 11) is 0. The van der Waals surface area contributed by atoms with Crippen LogP contribution in [0.3, 0.4) is 0 Å². The molecule has 5 nitrogen and oxygen atoms in total. The SMILES string of the molecule is CC(O)CNc1nc2ccccc2n1CCOC(C)(C)C. The van der Waals surface area contributed by atoms with E-state index in [4.69, 9.17) is 4.74 Å². The number of para-hydroxylation sites is 2. The fourth-order valence-corrected chi connectivity index (χ4v) is 2.12. The molecular formula is C16H25N3O2. The van der Waals surface area contributed by atoms with Crippen molar-refractivity contribution in [3.05, 3.63) is 24.3 Å². The molecule has 0 saturated carbocycles. The first-order valence-electron chi connectivity index (χ1n) is 7.38. The lowest BCUT2D eigenvalue weighted by Gasteiger charge is -2.20. The highest BCUT2D eigenvalue weighted by Crippen LogP contribution is 2.20. The van der Waals surface area contributed by atoms with Gasteiger partial charge in [0.1, 0.15) is 0 Å². The number of benzene rings is 1. The van der Waals surface area contributed by atoms with E-state index >= 15 is 0 Å². The fraction of sp³-hybridized carbons (Fsp3) is 0.562. The maximum atomic E-state index is 9.44. The monoisotopic (exact) mass is 291 g/mol. The molecule has 0 aliphatic rings. The molecular weight excluding hydrogens is 266 g/mol. The van der Waals surface area contributed by atoms with Crippen LogP contribution in [0.15, 0.2) is 24.3 Å². The summed E-state index contributed by atoms with van der Waals surface area (Å²) in [6, 6.07) is 8.02. The molecule has 2 aromatic rings. The topological polar surface area (TPSA) is 59.3 Å². The van der Waals surface area contributed by atoms with Crippen LogP contribution in [0.4, 0.5) is 5.95 Å². The molecule has 1 aromatic heterocycles. The third-order valence-corrected chi connectivity index (χ3v) is 3.06. The molecule has 0 spiro atoms. The molecule has 21 heavy (non-hydrogen) atoms. The van der Waals surface area contributed by atoms with Gasteiger partial charge in [0.2, 0.25) is 5.95 Å². The number of anilines is 1. The van der Waals surface area contributed by atoms with Crippen LogP contribution in [0.1, 0.15) is 27.7 Å². The van der Waals surface area contributed by atoms with E-state index in [1.165, 1.54) is 0 Å². The number of aliphatic hydroxyl groups excluding tert-OH is 1. The normalized spacial score (nSPS) is 13.6. The minimum Gasteiger partial charge on any atom is -0.392 e. The first-order chi connectivity index (χ1) is 9.87. The molecule has 0 bridgehead atoms. The van der Waals surface area contributed by atoms with Crippen LogP contribution >= 0.6 is 0 Å². The second-order valence-corrected chi connectivity index (χ2v) is 6.27. The van der Waals surface area contributed by atoms with Gasteiger partial charge in [0.15, 0.2) is 0 Å². The summed E-state index contributed by atoms with van der Waals surface area (Å²) in [5, 5.41) is 12.6. The first-order valence-corrected chi connectivity index (χ1v) is 7.38. The van der Waals surface area contributed by atoms with Crippen molar-refractivity contribution >= 4 is 17.0 Å².